The Balaban J connectivity index is 1.04. The van der Waals surface area contributed by atoms with E-state index in [2.05, 4.69) is 323 Å². The van der Waals surface area contributed by atoms with Crippen molar-refractivity contribution in [3.63, 3.8) is 0 Å². The monoisotopic (exact) mass is 1130 g/mol. The molecule has 0 saturated heterocycles. The molecule has 0 bridgehead atoms. The fraction of sp³-hybridized carbons (Fsp3) is 0.214. The third kappa shape index (κ3) is 7.42. The van der Waals surface area contributed by atoms with Crippen LogP contribution in [0, 0.1) is 0 Å². The number of rotatable bonds is 4. The molecule has 0 amide bonds. The first kappa shape index (κ1) is 53.3. The molecule has 3 aliphatic carbocycles. The maximum Gasteiger partial charge on any atom is 0.156 e. The summed E-state index contributed by atoms with van der Waals surface area (Å²) in [6.07, 6.45) is 0. The molecule has 3 heteroatoms. The van der Waals surface area contributed by atoms with Crippen molar-refractivity contribution < 1.29 is 4.74 Å². The molecule has 11 aromatic carbocycles. The summed E-state index contributed by atoms with van der Waals surface area (Å²) in [5, 5.41) is 2.44. The van der Waals surface area contributed by atoms with Crippen molar-refractivity contribution in [2.24, 2.45) is 0 Å². The molecule has 16 rings (SSSR count). The van der Waals surface area contributed by atoms with Gasteiger partial charge in [-0.15, -0.1) is 0 Å². The van der Waals surface area contributed by atoms with Crippen molar-refractivity contribution in [1.82, 2.24) is 4.57 Å². The minimum Gasteiger partial charge on any atom is -0.454 e. The van der Waals surface area contributed by atoms with E-state index in [1.165, 1.54) is 99.8 Å². The number of hydrogen-bond donors (Lipinski definition) is 0. The van der Waals surface area contributed by atoms with Crippen LogP contribution < -0.4 is 9.64 Å². The Morgan fingerprint density at radius 3 is 1.21 bits per heavy atom. The van der Waals surface area contributed by atoms with Crippen LogP contribution in [0.15, 0.2) is 231 Å². The molecule has 2 spiro atoms. The highest BCUT2D eigenvalue weighted by Crippen LogP contribution is 2.67. The van der Waals surface area contributed by atoms with Gasteiger partial charge in [0.15, 0.2) is 5.75 Å². The highest BCUT2D eigenvalue weighted by atomic mass is 16.5. The van der Waals surface area contributed by atoms with E-state index in [0.717, 1.165) is 56.4 Å². The van der Waals surface area contributed by atoms with E-state index in [-0.39, 0.29) is 21.7 Å². The average molecular weight is 1130 g/mol. The van der Waals surface area contributed by atoms with Gasteiger partial charge in [0.25, 0.3) is 0 Å². The number of nitrogens with zero attached hydrogens (tertiary/aromatic N) is 2. The molecule has 1 aromatic heterocycles. The molecule has 0 fully saturated rings. The second-order valence-corrected chi connectivity index (χ2v) is 29.3. The fourth-order valence-corrected chi connectivity index (χ4v) is 15.7. The summed E-state index contributed by atoms with van der Waals surface area (Å²) in [6.45, 7) is 28.1. The summed E-state index contributed by atoms with van der Waals surface area (Å²) in [4.78, 5) is 2.55. The maximum atomic E-state index is 7.79. The van der Waals surface area contributed by atoms with E-state index in [9.17, 15) is 0 Å². The predicted molar refractivity (Wildman–Crippen MR) is 364 cm³/mol. The van der Waals surface area contributed by atoms with Gasteiger partial charge in [-0.1, -0.05) is 265 Å². The van der Waals surface area contributed by atoms with E-state index < -0.39 is 10.8 Å². The Morgan fingerprint density at radius 2 is 0.690 bits per heavy atom. The van der Waals surface area contributed by atoms with Gasteiger partial charge in [-0.05, 0) is 159 Å². The van der Waals surface area contributed by atoms with Gasteiger partial charge >= 0.3 is 0 Å². The molecule has 0 N–H and O–H groups in total. The topological polar surface area (TPSA) is 17.4 Å². The number of para-hydroxylation sites is 6. The molecule has 3 nitrogen and oxygen atoms in total. The first-order valence-corrected chi connectivity index (χ1v) is 31.3. The van der Waals surface area contributed by atoms with Crippen molar-refractivity contribution in [3.05, 3.63) is 297 Å². The van der Waals surface area contributed by atoms with Crippen molar-refractivity contribution in [1.29, 1.82) is 0 Å². The lowest BCUT2D eigenvalue weighted by Crippen LogP contribution is -2.33. The van der Waals surface area contributed by atoms with Crippen LogP contribution in [0.1, 0.15) is 150 Å². The molecule has 2 heterocycles. The quantitative estimate of drug-likeness (QED) is 0.175. The summed E-state index contributed by atoms with van der Waals surface area (Å²) < 4.78 is 10.3. The first-order chi connectivity index (χ1) is 41.7. The normalized spacial score (nSPS) is 14.7. The molecular weight excluding hydrogens is 1050 g/mol. The van der Waals surface area contributed by atoms with E-state index in [1.54, 1.807) is 0 Å². The Hall–Kier alpha value is -9.18. The number of benzene rings is 11. The van der Waals surface area contributed by atoms with E-state index in [1.807, 2.05) is 0 Å². The SMILES string of the molecule is CC(C)(C)c1ccc2c(c1)C1(c3ccccc3-c3ccc(N(c4ccccc4-n4c5ccccc5c5ccccc54)c4cccc5c4Oc4ccccc4C54c5cc(C(C)(C)C)ccc5-c5ccc(C(C)(C)C)cc54)cc31)c1cc(C(C)(C)C)ccc1-2. The van der Waals surface area contributed by atoms with Gasteiger partial charge in [0.1, 0.15) is 5.75 Å². The van der Waals surface area contributed by atoms with Crippen LogP contribution >= 0.6 is 0 Å². The molecule has 0 unspecified atom stereocenters. The second-order valence-electron chi connectivity index (χ2n) is 29.3. The van der Waals surface area contributed by atoms with Crippen molar-refractivity contribution >= 4 is 38.9 Å². The fourth-order valence-electron chi connectivity index (χ4n) is 15.7. The number of fused-ring (bicyclic) bond motifs is 22. The maximum absolute atomic E-state index is 7.79. The Labute approximate surface area is 513 Å². The van der Waals surface area contributed by atoms with E-state index in [0.29, 0.717) is 0 Å². The summed E-state index contributed by atoms with van der Waals surface area (Å²) in [7, 11) is 0. The zero-order valence-electron chi connectivity index (χ0n) is 52.2. The van der Waals surface area contributed by atoms with Gasteiger partial charge in [-0.3, -0.25) is 0 Å². The number of ether oxygens (including phenoxy) is 1. The van der Waals surface area contributed by atoms with Gasteiger partial charge in [0.05, 0.1) is 38.9 Å². The zero-order valence-corrected chi connectivity index (χ0v) is 52.2. The van der Waals surface area contributed by atoms with Crippen LogP contribution in [0.3, 0.4) is 0 Å². The van der Waals surface area contributed by atoms with Gasteiger partial charge in [-0.2, -0.15) is 0 Å². The third-order valence-electron chi connectivity index (χ3n) is 20.1. The Bertz CT molecular complexity index is 4720. The minimum atomic E-state index is -0.734. The molecule has 12 aromatic rings. The van der Waals surface area contributed by atoms with Crippen molar-refractivity contribution in [2.75, 3.05) is 4.90 Å². The summed E-state index contributed by atoms with van der Waals surface area (Å²) in [5.41, 5.74) is 27.8. The lowest BCUT2D eigenvalue weighted by Gasteiger charge is -2.42. The smallest absolute Gasteiger partial charge is 0.156 e. The summed E-state index contributed by atoms with van der Waals surface area (Å²) in [6, 6.07) is 88.7. The van der Waals surface area contributed by atoms with Crippen LogP contribution in [-0.4, -0.2) is 4.57 Å². The molecule has 0 saturated carbocycles. The van der Waals surface area contributed by atoms with Crippen LogP contribution in [0.5, 0.6) is 11.5 Å². The molecule has 4 aliphatic rings. The van der Waals surface area contributed by atoms with E-state index in [4.69, 9.17) is 4.74 Å². The van der Waals surface area contributed by atoms with Crippen LogP contribution in [-0.2, 0) is 32.5 Å². The molecular formula is C84H74N2O. The third-order valence-corrected chi connectivity index (χ3v) is 20.1. The Morgan fingerprint density at radius 1 is 0.310 bits per heavy atom. The lowest BCUT2D eigenvalue weighted by molar-refractivity contribution is 0.437. The van der Waals surface area contributed by atoms with Crippen LogP contribution in [0.25, 0.3) is 60.9 Å². The standard InChI is InChI=1S/C84H74N2O/c1-79(2,3)51-36-41-57-58-42-37-52(80(4,5)6)47-68(58)83(67(57)46-51)64-27-16-13-24-56(64)61-45-40-55(50-71(61)83)85(74-32-20-21-33-75(74)86-72-30-18-14-25-62(72)63-26-15-19-31-73(63)86)76-34-23-29-66-78(76)87-77-35-22-17-28-65(77)84(66)69-48-53(81(7,8)9)38-43-59(69)60-44-39-54(49-70(60)84)82(10,11)12/h13-50H,1-12H3. The lowest BCUT2D eigenvalue weighted by atomic mass is 9.64. The van der Waals surface area contributed by atoms with Crippen molar-refractivity contribution in [3.8, 4) is 50.6 Å². The van der Waals surface area contributed by atoms with Gasteiger partial charge < -0.3 is 14.2 Å². The van der Waals surface area contributed by atoms with E-state index >= 15 is 0 Å². The average Bonchev–Trinajstić information content (AvgIpc) is 1.55. The van der Waals surface area contributed by atoms with Crippen molar-refractivity contribution in [2.45, 2.75) is 116 Å². The summed E-state index contributed by atoms with van der Waals surface area (Å²) in [5.74, 6) is 1.70. The van der Waals surface area contributed by atoms with Gasteiger partial charge in [0, 0.05) is 27.6 Å². The first-order valence-electron chi connectivity index (χ1n) is 31.3. The zero-order chi connectivity index (χ0) is 59.9. The molecule has 1 aliphatic heterocycles. The molecule has 0 radical (unpaired) electrons. The summed E-state index contributed by atoms with van der Waals surface area (Å²) >= 11 is 0. The Kier molecular flexibility index (Phi) is 11.1. The highest BCUT2D eigenvalue weighted by molar-refractivity contribution is 6.10. The largest absolute Gasteiger partial charge is 0.454 e. The van der Waals surface area contributed by atoms with Gasteiger partial charge in [-0.25, -0.2) is 0 Å². The molecule has 426 valence electrons. The number of anilines is 3. The van der Waals surface area contributed by atoms with Gasteiger partial charge in [0.2, 0.25) is 0 Å². The van der Waals surface area contributed by atoms with Crippen LogP contribution in [0.2, 0.25) is 0 Å². The highest BCUT2D eigenvalue weighted by Gasteiger charge is 2.55. The number of hydrogen-bond acceptors (Lipinski definition) is 2. The minimum absolute atomic E-state index is 0.0803. The molecule has 0 atom stereocenters. The predicted octanol–water partition coefficient (Wildman–Crippen LogP) is 22.3. The second kappa shape index (κ2) is 18.2. The van der Waals surface area contributed by atoms with Crippen LogP contribution in [0.4, 0.5) is 17.1 Å². The number of aromatic nitrogens is 1. The molecule has 87 heavy (non-hydrogen) atoms.